The maximum Gasteiger partial charge on any atom is 0.193 e. The van der Waals surface area contributed by atoms with E-state index in [0.29, 0.717) is 55.5 Å². The topological polar surface area (TPSA) is 70.8 Å². The number of fused-ring (bicyclic) bond motifs is 3. The quantitative estimate of drug-likeness (QED) is 0.367. The van der Waals surface area contributed by atoms with E-state index in [-0.39, 0.29) is 5.43 Å². The first-order valence-corrected chi connectivity index (χ1v) is 8.76. The van der Waals surface area contributed by atoms with Crippen LogP contribution >= 0.6 is 11.6 Å². The largest absolute Gasteiger partial charge is 0.496 e. The number of nitrogens with zero attached hydrogens (tertiary/aromatic N) is 1. The maximum absolute atomic E-state index is 12.9. The van der Waals surface area contributed by atoms with E-state index < -0.39 is 0 Å². The molecule has 4 rings (SSSR count). The number of rotatable bonds is 4. The van der Waals surface area contributed by atoms with Crippen LogP contribution in [0.3, 0.4) is 0 Å². The number of aromatic nitrogens is 1. The fourth-order valence-electron chi connectivity index (χ4n) is 3.26. The number of hydrogen-bond acceptors (Lipinski definition) is 6. The van der Waals surface area contributed by atoms with Crippen molar-refractivity contribution >= 4 is 33.3 Å². The van der Waals surface area contributed by atoms with Crippen molar-refractivity contribution < 1.29 is 18.6 Å². The van der Waals surface area contributed by atoms with Gasteiger partial charge in [-0.3, -0.25) is 4.79 Å². The first kappa shape index (κ1) is 18.1. The van der Waals surface area contributed by atoms with Crippen LogP contribution in [0.2, 0.25) is 5.15 Å². The summed E-state index contributed by atoms with van der Waals surface area (Å²) < 4.78 is 22.7. The average Bonchev–Trinajstić information content (AvgIpc) is 2.72. The summed E-state index contributed by atoms with van der Waals surface area (Å²) >= 11 is 5.99. The van der Waals surface area contributed by atoms with E-state index in [4.69, 9.17) is 30.2 Å². The molecule has 0 N–H and O–H groups in total. The maximum atomic E-state index is 12.9. The molecule has 0 unspecified atom stereocenters. The van der Waals surface area contributed by atoms with Crippen LogP contribution in [-0.4, -0.2) is 26.3 Å². The summed E-state index contributed by atoms with van der Waals surface area (Å²) in [5.41, 5.74) is 0.807. The summed E-state index contributed by atoms with van der Waals surface area (Å²) in [5, 5.41) is 1.93. The van der Waals surface area contributed by atoms with Crippen molar-refractivity contribution in [2.75, 3.05) is 21.3 Å². The van der Waals surface area contributed by atoms with Gasteiger partial charge in [-0.2, -0.15) is 0 Å². The zero-order chi connectivity index (χ0) is 19.8. The molecule has 0 atom stereocenters. The average molecular weight is 398 g/mol. The Balaban J connectivity index is 2.19. The summed E-state index contributed by atoms with van der Waals surface area (Å²) in [5.74, 6) is 1.98. The third kappa shape index (κ3) is 2.82. The van der Waals surface area contributed by atoms with Crippen LogP contribution in [0.5, 0.6) is 17.2 Å². The Kier molecular flexibility index (Phi) is 4.57. The van der Waals surface area contributed by atoms with Crippen molar-refractivity contribution in [2.24, 2.45) is 0 Å². The predicted molar refractivity (Wildman–Crippen MR) is 108 cm³/mol. The molecule has 142 valence electrons. The molecule has 0 spiro atoms. The smallest absolute Gasteiger partial charge is 0.193 e. The summed E-state index contributed by atoms with van der Waals surface area (Å²) in [6.45, 7) is 0. The van der Waals surface area contributed by atoms with Gasteiger partial charge in [-0.05, 0) is 30.3 Å². The minimum atomic E-state index is -0.214. The highest BCUT2D eigenvalue weighted by atomic mass is 35.5. The predicted octanol–water partition coefficient (Wildman–Crippen LogP) is 4.69. The highest BCUT2D eigenvalue weighted by Crippen LogP contribution is 2.43. The van der Waals surface area contributed by atoms with Crippen LogP contribution in [-0.2, 0) is 0 Å². The highest BCUT2D eigenvalue weighted by Gasteiger charge is 2.20. The van der Waals surface area contributed by atoms with Gasteiger partial charge in [0.15, 0.2) is 11.0 Å². The summed E-state index contributed by atoms with van der Waals surface area (Å²) in [4.78, 5) is 16.9. The van der Waals surface area contributed by atoms with Gasteiger partial charge in [0, 0.05) is 17.8 Å². The number of ether oxygens (including phenoxy) is 3. The molecule has 2 aromatic heterocycles. The van der Waals surface area contributed by atoms with Gasteiger partial charge in [0.2, 0.25) is 0 Å². The fourth-order valence-corrected chi connectivity index (χ4v) is 3.44. The van der Waals surface area contributed by atoms with E-state index in [1.165, 1.54) is 13.2 Å². The van der Waals surface area contributed by atoms with Crippen LogP contribution in [0.4, 0.5) is 0 Å². The van der Waals surface area contributed by atoms with E-state index in [9.17, 15) is 4.79 Å². The molecule has 0 saturated heterocycles. The number of halogens is 1. The van der Waals surface area contributed by atoms with Gasteiger partial charge in [0.1, 0.15) is 28.2 Å². The van der Waals surface area contributed by atoms with Gasteiger partial charge in [0.05, 0.1) is 37.5 Å². The fraction of sp³-hybridized carbons (Fsp3) is 0.143. The molecule has 0 saturated carbocycles. The summed E-state index contributed by atoms with van der Waals surface area (Å²) in [6.07, 6.45) is 1.55. The molecular weight excluding hydrogens is 382 g/mol. The molecule has 2 heterocycles. The molecule has 7 heteroatoms. The minimum Gasteiger partial charge on any atom is -0.496 e. The van der Waals surface area contributed by atoms with E-state index in [1.807, 2.05) is 0 Å². The zero-order valence-electron chi connectivity index (χ0n) is 15.4. The second-order valence-corrected chi connectivity index (χ2v) is 6.40. The number of benzene rings is 2. The lowest BCUT2D eigenvalue weighted by atomic mass is 10.0. The Morgan fingerprint density at radius 2 is 1.57 bits per heavy atom. The lowest BCUT2D eigenvalue weighted by Crippen LogP contribution is -2.03. The Bertz CT molecular complexity index is 1270. The molecule has 0 amide bonds. The van der Waals surface area contributed by atoms with E-state index in [1.54, 1.807) is 50.7 Å². The Hall–Kier alpha value is -3.25. The van der Waals surface area contributed by atoms with Crippen molar-refractivity contribution in [1.82, 2.24) is 4.98 Å². The molecule has 2 aromatic carbocycles. The van der Waals surface area contributed by atoms with E-state index >= 15 is 0 Å². The van der Waals surface area contributed by atoms with Crippen molar-refractivity contribution in [1.29, 1.82) is 0 Å². The molecule has 4 aromatic rings. The minimum absolute atomic E-state index is 0.214. The van der Waals surface area contributed by atoms with Crippen LogP contribution in [0.1, 0.15) is 0 Å². The third-order valence-corrected chi connectivity index (χ3v) is 4.74. The summed E-state index contributed by atoms with van der Waals surface area (Å²) in [6, 6.07) is 9.96. The normalized spacial score (nSPS) is 11.0. The lowest BCUT2D eigenvalue weighted by Gasteiger charge is -2.15. The van der Waals surface area contributed by atoms with Crippen LogP contribution < -0.4 is 19.6 Å². The second kappa shape index (κ2) is 7.05. The first-order valence-electron chi connectivity index (χ1n) is 8.39. The van der Waals surface area contributed by atoms with Crippen LogP contribution in [0.25, 0.3) is 33.1 Å². The monoisotopic (exact) mass is 397 g/mol. The molecule has 0 bridgehead atoms. The van der Waals surface area contributed by atoms with Gasteiger partial charge < -0.3 is 18.6 Å². The molecule has 0 aliphatic carbocycles. The van der Waals surface area contributed by atoms with Crippen molar-refractivity contribution in [2.45, 2.75) is 0 Å². The third-order valence-electron chi connectivity index (χ3n) is 4.53. The number of methoxy groups -OCH3 is 3. The first-order chi connectivity index (χ1) is 13.6. The molecular formula is C21H16ClNO5. The molecule has 0 fully saturated rings. The molecule has 0 aliphatic rings. The van der Waals surface area contributed by atoms with Gasteiger partial charge >= 0.3 is 0 Å². The molecule has 0 radical (unpaired) electrons. The SMILES string of the molecule is COc1ccc(OC)c2c1c(OC)cc1c(=O)cc(-c3ccnc(Cl)c3)oc12. The Morgan fingerprint density at radius 3 is 2.21 bits per heavy atom. The molecule has 28 heavy (non-hydrogen) atoms. The van der Waals surface area contributed by atoms with Crippen LogP contribution in [0, 0.1) is 0 Å². The zero-order valence-corrected chi connectivity index (χ0v) is 16.2. The Labute approximate surface area is 165 Å². The van der Waals surface area contributed by atoms with E-state index in [2.05, 4.69) is 4.98 Å². The van der Waals surface area contributed by atoms with E-state index in [0.717, 1.165) is 0 Å². The molecule has 0 aliphatic heterocycles. The van der Waals surface area contributed by atoms with Gasteiger partial charge in [-0.1, -0.05) is 11.6 Å². The Morgan fingerprint density at radius 1 is 0.893 bits per heavy atom. The highest BCUT2D eigenvalue weighted by molar-refractivity contribution is 6.29. The van der Waals surface area contributed by atoms with Crippen LogP contribution in [0.15, 0.2) is 51.8 Å². The van der Waals surface area contributed by atoms with Crippen molar-refractivity contribution in [3.8, 4) is 28.6 Å². The second-order valence-electron chi connectivity index (χ2n) is 6.02. The number of hydrogen-bond donors (Lipinski definition) is 0. The number of pyridine rings is 1. The van der Waals surface area contributed by atoms with Crippen molar-refractivity contribution in [3.05, 3.63) is 58.0 Å². The summed E-state index contributed by atoms with van der Waals surface area (Å²) in [7, 11) is 4.65. The van der Waals surface area contributed by atoms with Gasteiger partial charge in [-0.25, -0.2) is 4.98 Å². The van der Waals surface area contributed by atoms with Crippen molar-refractivity contribution in [3.63, 3.8) is 0 Å². The molecule has 6 nitrogen and oxygen atoms in total. The van der Waals surface area contributed by atoms with Gasteiger partial charge in [0.25, 0.3) is 0 Å². The van der Waals surface area contributed by atoms with Gasteiger partial charge in [-0.15, -0.1) is 0 Å². The lowest BCUT2D eigenvalue weighted by molar-refractivity contribution is 0.400. The standard InChI is InChI=1S/C21H16ClNO5/c1-25-14-4-5-15(26-2)20-19(14)17(27-3)9-12-13(24)10-16(28-21(12)20)11-6-7-23-18(22)8-11/h4-10H,1-3H3.